The molecule has 0 bridgehead atoms. The molecule has 0 spiro atoms. The molecule has 5 nitrogen and oxygen atoms in total. The number of benzene rings is 1. The predicted molar refractivity (Wildman–Crippen MR) is 69.8 cm³/mol. The van der Waals surface area contributed by atoms with Crippen molar-refractivity contribution in [2.75, 3.05) is 43.5 Å². The molecule has 1 heterocycles. The van der Waals surface area contributed by atoms with Crippen LogP contribution in [0, 0.1) is 0 Å². The normalized spacial score (nSPS) is 15.5. The van der Waals surface area contributed by atoms with Crippen molar-refractivity contribution in [3.63, 3.8) is 0 Å². The van der Waals surface area contributed by atoms with E-state index in [1.54, 1.807) is 19.1 Å². The fourth-order valence-electron chi connectivity index (χ4n) is 1.95. The topological polar surface area (TPSA) is 64.8 Å². The summed E-state index contributed by atoms with van der Waals surface area (Å²) < 4.78 is 10.3. The molecule has 18 heavy (non-hydrogen) atoms. The van der Waals surface area contributed by atoms with Gasteiger partial charge in [0, 0.05) is 24.5 Å². The molecule has 0 unspecified atom stereocenters. The maximum absolute atomic E-state index is 11.8. The minimum absolute atomic E-state index is 0.347. The van der Waals surface area contributed by atoms with Crippen LogP contribution in [-0.4, -0.2) is 38.9 Å². The van der Waals surface area contributed by atoms with Crippen LogP contribution >= 0.6 is 0 Å². The lowest BCUT2D eigenvalue weighted by atomic mass is 10.1. The van der Waals surface area contributed by atoms with Gasteiger partial charge in [-0.2, -0.15) is 0 Å². The quantitative estimate of drug-likeness (QED) is 0.646. The summed E-state index contributed by atoms with van der Waals surface area (Å²) in [7, 11) is 0. The Kier molecular flexibility index (Phi) is 4.04. The first-order valence-electron chi connectivity index (χ1n) is 6.11. The smallest absolute Gasteiger partial charge is 0.340 e. The molecule has 2 N–H and O–H groups in total. The minimum atomic E-state index is -0.370. The van der Waals surface area contributed by atoms with E-state index in [1.165, 1.54) is 0 Å². The highest BCUT2D eigenvalue weighted by atomic mass is 16.5. The Morgan fingerprint density at radius 1 is 1.44 bits per heavy atom. The van der Waals surface area contributed by atoms with E-state index in [-0.39, 0.29) is 5.97 Å². The van der Waals surface area contributed by atoms with Crippen LogP contribution in [0.3, 0.4) is 0 Å². The number of ether oxygens (including phenoxy) is 2. The summed E-state index contributed by atoms with van der Waals surface area (Å²) in [6, 6.07) is 5.46. The van der Waals surface area contributed by atoms with E-state index in [4.69, 9.17) is 15.2 Å². The number of hydrogen-bond donors (Lipinski definition) is 1. The van der Waals surface area contributed by atoms with Gasteiger partial charge in [0.2, 0.25) is 0 Å². The molecule has 0 aliphatic carbocycles. The van der Waals surface area contributed by atoms with Gasteiger partial charge in [0.15, 0.2) is 0 Å². The van der Waals surface area contributed by atoms with Gasteiger partial charge in [-0.1, -0.05) is 0 Å². The molecular formula is C13H18N2O3. The van der Waals surface area contributed by atoms with Gasteiger partial charge in [0.25, 0.3) is 0 Å². The van der Waals surface area contributed by atoms with Crippen molar-refractivity contribution < 1.29 is 14.3 Å². The fourth-order valence-corrected chi connectivity index (χ4v) is 1.95. The largest absolute Gasteiger partial charge is 0.462 e. The number of hydrogen-bond acceptors (Lipinski definition) is 5. The van der Waals surface area contributed by atoms with Crippen LogP contribution in [0.5, 0.6) is 0 Å². The van der Waals surface area contributed by atoms with Gasteiger partial charge in [-0.05, 0) is 25.1 Å². The van der Waals surface area contributed by atoms with Crippen molar-refractivity contribution in [1.29, 1.82) is 0 Å². The molecule has 0 saturated carbocycles. The van der Waals surface area contributed by atoms with Gasteiger partial charge in [-0.25, -0.2) is 4.79 Å². The summed E-state index contributed by atoms with van der Waals surface area (Å²) in [6.07, 6.45) is 0. The van der Waals surface area contributed by atoms with Gasteiger partial charge in [-0.15, -0.1) is 0 Å². The number of carbonyl (C=O) groups excluding carboxylic acids is 1. The summed E-state index contributed by atoms with van der Waals surface area (Å²) in [5.41, 5.74) is 7.67. The predicted octanol–water partition coefficient (Wildman–Crippen LogP) is 1.28. The number of nitrogens with two attached hydrogens (primary N) is 1. The molecule has 1 fully saturated rings. The first-order chi connectivity index (χ1) is 8.72. The Labute approximate surface area is 106 Å². The lowest BCUT2D eigenvalue weighted by molar-refractivity contribution is 0.0527. The molecule has 0 aromatic heterocycles. The second kappa shape index (κ2) is 5.73. The Balaban J connectivity index is 2.22. The minimum Gasteiger partial charge on any atom is -0.462 e. The summed E-state index contributed by atoms with van der Waals surface area (Å²) in [5, 5.41) is 0. The van der Waals surface area contributed by atoms with Crippen molar-refractivity contribution in [1.82, 2.24) is 0 Å². The van der Waals surface area contributed by atoms with Gasteiger partial charge in [-0.3, -0.25) is 0 Å². The third-order valence-corrected chi connectivity index (χ3v) is 2.91. The van der Waals surface area contributed by atoms with Crippen LogP contribution in [0.2, 0.25) is 0 Å². The van der Waals surface area contributed by atoms with Crippen molar-refractivity contribution in [2.24, 2.45) is 0 Å². The molecule has 1 saturated heterocycles. The number of nitrogens with zero attached hydrogens (tertiary/aromatic N) is 1. The number of nitrogen functional groups attached to an aromatic ring is 1. The summed E-state index contributed by atoms with van der Waals surface area (Å²) >= 11 is 0. The van der Waals surface area contributed by atoms with E-state index in [1.807, 2.05) is 6.07 Å². The Bertz CT molecular complexity index is 428. The Morgan fingerprint density at radius 2 is 2.17 bits per heavy atom. The van der Waals surface area contributed by atoms with Gasteiger partial charge < -0.3 is 20.1 Å². The average Bonchev–Trinajstić information content (AvgIpc) is 2.40. The molecule has 1 aliphatic heterocycles. The molecule has 5 heteroatoms. The Morgan fingerprint density at radius 3 is 2.83 bits per heavy atom. The monoisotopic (exact) mass is 250 g/mol. The zero-order valence-electron chi connectivity index (χ0n) is 10.5. The van der Waals surface area contributed by atoms with E-state index in [2.05, 4.69) is 4.90 Å². The SMILES string of the molecule is CCOC(=O)c1cc(N2CCOCC2)ccc1N. The number of rotatable bonds is 3. The highest BCUT2D eigenvalue weighted by Gasteiger charge is 2.16. The highest BCUT2D eigenvalue weighted by Crippen LogP contribution is 2.22. The van der Waals surface area contributed by atoms with Crippen LogP contribution in [0.4, 0.5) is 11.4 Å². The van der Waals surface area contributed by atoms with Crippen molar-refractivity contribution in [3.05, 3.63) is 23.8 Å². The number of carbonyl (C=O) groups is 1. The average molecular weight is 250 g/mol. The molecule has 0 radical (unpaired) electrons. The lowest BCUT2D eigenvalue weighted by Gasteiger charge is -2.29. The molecular weight excluding hydrogens is 232 g/mol. The number of morpholine rings is 1. The van der Waals surface area contributed by atoms with Crippen molar-refractivity contribution >= 4 is 17.3 Å². The van der Waals surface area contributed by atoms with Crippen LogP contribution in [-0.2, 0) is 9.47 Å². The van der Waals surface area contributed by atoms with Crippen molar-refractivity contribution in [2.45, 2.75) is 6.92 Å². The maximum Gasteiger partial charge on any atom is 0.340 e. The third-order valence-electron chi connectivity index (χ3n) is 2.91. The first-order valence-corrected chi connectivity index (χ1v) is 6.11. The van der Waals surface area contributed by atoms with E-state index < -0.39 is 0 Å². The third kappa shape index (κ3) is 2.73. The number of esters is 1. The number of anilines is 2. The van der Waals surface area contributed by atoms with Gasteiger partial charge >= 0.3 is 5.97 Å². The van der Waals surface area contributed by atoms with Crippen molar-refractivity contribution in [3.8, 4) is 0 Å². The molecule has 0 atom stereocenters. The summed E-state index contributed by atoms with van der Waals surface area (Å²) in [5.74, 6) is -0.370. The van der Waals surface area contributed by atoms with E-state index in [9.17, 15) is 4.79 Å². The standard InChI is InChI=1S/C13H18N2O3/c1-2-18-13(16)11-9-10(3-4-12(11)14)15-5-7-17-8-6-15/h3-4,9H,2,5-8,14H2,1H3. The van der Waals surface area contributed by atoms with Crippen LogP contribution in [0.1, 0.15) is 17.3 Å². The maximum atomic E-state index is 11.8. The van der Waals surface area contributed by atoms with E-state index in [0.717, 1.165) is 18.8 Å². The summed E-state index contributed by atoms with van der Waals surface area (Å²) in [4.78, 5) is 13.9. The second-order valence-electron chi connectivity index (χ2n) is 4.09. The first kappa shape index (κ1) is 12.7. The van der Waals surface area contributed by atoms with Crippen LogP contribution in [0.25, 0.3) is 0 Å². The molecule has 2 rings (SSSR count). The second-order valence-corrected chi connectivity index (χ2v) is 4.09. The summed E-state index contributed by atoms with van der Waals surface area (Å²) in [6.45, 7) is 5.19. The van der Waals surface area contributed by atoms with E-state index >= 15 is 0 Å². The molecule has 98 valence electrons. The zero-order chi connectivity index (χ0) is 13.0. The molecule has 1 aromatic carbocycles. The van der Waals surface area contributed by atoms with Gasteiger partial charge in [0.05, 0.1) is 25.4 Å². The van der Waals surface area contributed by atoms with Gasteiger partial charge in [0.1, 0.15) is 0 Å². The molecule has 1 aromatic rings. The molecule has 1 aliphatic rings. The molecule has 0 amide bonds. The lowest BCUT2D eigenvalue weighted by Crippen LogP contribution is -2.36. The fraction of sp³-hybridized carbons (Fsp3) is 0.462. The van der Waals surface area contributed by atoms with Crippen LogP contribution in [0.15, 0.2) is 18.2 Å². The highest BCUT2D eigenvalue weighted by molar-refractivity contribution is 5.96. The Hall–Kier alpha value is -1.75. The van der Waals surface area contributed by atoms with Crippen LogP contribution < -0.4 is 10.6 Å². The van der Waals surface area contributed by atoms with E-state index in [0.29, 0.717) is 31.1 Å². The zero-order valence-corrected chi connectivity index (χ0v) is 10.5.